The molecule has 0 aliphatic carbocycles. The molecule has 1 aliphatic heterocycles. The van der Waals surface area contributed by atoms with E-state index >= 15 is 0 Å². The number of aromatic nitrogens is 6. The summed E-state index contributed by atoms with van der Waals surface area (Å²) in [4.78, 5) is 4.24. The summed E-state index contributed by atoms with van der Waals surface area (Å²) < 4.78 is 4.00. The van der Waals surface area contributed by atoms with E-state index in [1.165, 1.54) is 5.56 Å². The van der Waals surface area contributed by atoms with Gasteiger partial charge in [-0.05, 0) is 12.0 Å². The number of nitrogens with one attached hydrogen (secondary N) is 1. The fourth-order valence-electron chi connectivity index (χ4n) is 3.02. The van der Waals surface area contributed by atoms with Crippen LogP contribution in [0, 0.1) is 0 Å². The number of hydrogen-bond donors (Lipinski definition) is 1. The summed E-state index contributed by atoms with van der Waals surface area (Å²) in [5.41, 5.74) is 1.26. The van der Waals surface area contributed by atoms with Gasteiger partial charge in [0.25, 0.3) is 0 Å². The Hall–Kier alpha value is -2.70. The second-order valence-electron chi connectivity index (χ2n) is 5.89. The van der Waals surface area contributed by atoms with Crippen molar-refractivity contribution < 1.29 is 0 Å². The molecule has 3 heterocycles. The van der Waals surface area contributed by atoms with Gasteiger partial charge in [-0.25, -0.2) is 4.68 Å². The molecule has 118 valence electrons. The maximum atomic E-state index is 4.39. The lowest BCUT2D eigenvalue weighted by Gasteiger charge is -2.25. The van der Waals surface area contributed by atoms with Crippen molar-refractivity contribution in [3.8, 4) is 0 Å². The average molecular weight is 309 g/mol. The van der Waals surface area contributed by atoms with Crippen LogP contribution in [-0.4, -0.2) is 35.6 Å². The minimum Gasteiger partial charge on any atom is -0.350 e. The third-order valence-electron chi connectivity index (χ3n) is 4.27. The summed E-state index contributed by atoms with van der Waals surface area (Å²) in [5, 5.41) is 16.3. The summed E-state index contributed by atoms with van der Waals surface area (Å²) in [7, 11) is 1.89. The van der Waals surface area contributed by atoms with Crippen molar-refractivity contribution in [3.63, 3.8) is 0 Å². The van der Waals surface area contributed by atoms with Crippen molar-refractivity contribution in [2.24, 2.45) is 7.05 Å². The van der Waals surface area contributed by atoms with Crippen molar-refractivity contribution in [2.75, 3.05) is 5.32 Å². The van der Waals surface area contributed by atoms with Crippen LogP contribution < -0.4 is 5.32 Å². The molecule has 0 bridgehead atoms. The third-order valence-corrected chi connectivity index (χ3v) is 4.27. The number of anilines is 1. The molecule has 7 heteroatoms. The molecular weight excluding hydrogens is 290 g/mol. The van der Waals surface area contributed by atoms with Crippen molar-refractivity contribution in [1.29, 1.82) is 0 Å². The summed E-state index contributed by atoms with van der Waals surface area (Å²) in [6.45, 7) is 0.858. The molecule has 1 aliphatic rings. The molecule has 0 spiro atoms. The first kappa shape index (κ1) is 13.9. The molecule has 1 atom stereocenters. The van der Waals surface area contributed by atoms with Crippen LogP contribution in [0.15, 0.2) is 36.7 Å². The zero-order chi connectivity index (χ0) is 15.6. The Morgan fingerprint density at radius 2 is 2.09 bits per heavy atom. The highest BCUT2D eigenvalue weighted by atomic mass is 15.4. The zero-order valence-corrected chi connectivity index (χ0v) is 13.1. The largest absolute Gasteiger partial charge is 0.350 e. The van der Waals surface area contributed by atoms with E-state index in [9.17, 15) is 0 Å². The van der Waals surface area contributed by atoms with E-state index in [-0.39, 0.29) is 0 Å². The lowest BCUT2D eigenvalue weighted by Crippen LogP contribution is -2.33. The first-order valence-electron chi connectivity index (χ1n) is 7.85. The van der Waals surface area contributed by atoms with Crippen LogP contribution in [0.4, 0.5) is 5.95 Å². The molecule has 0 radical (unpaired) electrons. The van der Waals surface area contributed by atoms with Gasteiger partial charge in [0.05, 0.1) is 0 Å². The molecule has 0 fully saturated rings. The fourth-order valence-corrected chi connectivity index (χ4v) is 3.02. The van der Waals surface area contributed by atoms with Gasteiger partial charge in [0.15, 0.2) is 0 Å². The first-order valence-corrected chi connectivity index (χ1v) is 7.85. The van der Waals surface area contributed by atoms with Gasteiger partial charge < -0.3 is 9.88 Å². The summed E-state index contributed by atoms with van der Waals surface area (Å²) in [5.74, 6) is 2.90. The normalized spacial score (nSPS) is 17.0. The third kappa shape index (κ3) is 2.81. The SMILES string of the molecule is Cn1ncnc1NC1CCc2nnc(Cc3ccccc3)n2C1. The molecule has 1 N–H and O–H groups in total. The lowest BCUT2D eigenvalue weighted by molar-refractivity contribution is 0.463. The smallest absolute Gasteiger partial charge is 0.221 e. The number of benzene rings is 1. The molecule has 0 amide bonds. The van der Waals surface area contributed by atoms with Gasteiger partial charge in [0.1, 0.15) is 18.0 Å². The molecule has 7 nitrogen and oxygen atoms in total. The highest BCUT2D eigenvalue weighted by molar-refractivity contribution is 5.26. The Balaban J connectivity index is 1.52. The van der Waals surface area contributed by atoms with Crippen LogP contribution in [0.2, 0.25) is 0 Å². The van der Waals surface area contributed by atoms with Gasteiger partial charge in [0.2, 0.25) is 5.95 Å². The molecule has 0 saturated carbocycles. The highest BCUT2D eigenvalue weighted by Gasteiger charge is 2.23. The fraction of sp³-hybridized carbons (Fsp3) is 0.375. The number of aryl methyl sites for hydroxylation is 2. The van der Waals surface area contributed by atoms with Gasteiger partial charge in [0, 0.05) is 32.5 Å². The summed E-state index contributed by atoms with van der Waals surface area (Å²) in [6, 6.07) is 10.7. The minimum absolute atomic E-state index is 0.316. The van der Waals surface area contributed by atoms with Crippen LogP contribution in [-0.2, 0) is 26.4 Å². The minimum atomic E-state index is 0.316. The van der Waals surface area contributed by atoms with Crippen molar-refractivity contribution in [3.05, 3.63) is 53.9 Å². The number of rotatable bonds is 4. The van der Waals surface area contributed by atoms with E-state index in [1.54, 1.807) is 11.0 Å². The standard InChI is InChI=1S/C16H19N7/c1-22-16(17-11-18-22)19-13-7-8-14-20-21-15(23(14)10-13)9-12-5-3-2-4-6-12/h2-6,11,13H,7-10H2,1H3,(H,17,18,19). The van der Waals surface area contributed by atoms with Crippen molar-refractivity contribution in [2.45, 2.75) is 31.8 Å². The van der Waals surface area contributed by atoms with Crippen molar-refractivity contribution >= 4 is 5.95 Å². The van der Waals surface area contributed by atoms with Crippen LogP contribution in [0.1, 0.15) is 23.6 Å². The van der Waals surface area contributed by atoms with Crippen LogP contribution in [0.3, 0.4) is 0 Å². The molecule has 2 aromatic heterocycles. The van der Waals surface area contributed by atoms with Gasteiger partial charge >= 0.3 is 0 Å². The van der Waals surface area contributed by atoms with E-state index in [0.717, 1.165) is 43.4 Å². The predicted octanol–water partition coefficient (Wildman–Crippen LogP) is 1.42. The zero-order valence-electron chi connectivity index (χ0n) is 13.1. The monoisotopic (exact) mass is 309 g/mol. The van der Waals surface area contributed by atoms with Gasteiger partial charge in [-0.1, -0.05) is 30.3 Å². The predicted molar refractivity (Wildman–Crippen MR) is 86.0 cm³/mol. The average Bonchev–Trinajstić information content (AvgIpc) is 3.16. The second kappa shape index (κ2) is 5.83. The van der Waals surface area contributed by atoms with E-state index in [0.29, 0.717) is 6.04 Å². The second-order valence-corrected chi connectivity index (χ2v) is 5.89. The number of fused-ring (bicyclic) bond motifs is 1. The molecule has 1 aromatic carbocycles. The Bertz CT molecular complexity index is 790. The molecule has 3 aromatic rings. The molecule has 1 unspecified atom stereocenters. The Kier molecular flexibility index (Phi) is 3.53. The quantitative estimate of drug-likeness (QED) is 0.789. The number of hydrogen-bond acceptors (Lipinski definition) is 5. The Labute approximate surface area is 134 Å². The first-order chi connectivity index (χ1) is 11.3. The maximum absolute atomic E-state index is 4.39. The highest BCUT2D eigenvalue weighted by Crippen LogP contribution is 2.19. The van der Waals surface area contributed by atoms with Gasteiger partial charge in [-0.15, -0.1) is 10.2 Å². The summed E-state index contributed by atoms with van der Waals surface area (Å²) in [6.07, 6.45) is 4.33. The van der Waals surface area contributed by atoms with Gasteiger partial charge in [-0.3, -0.25) is 0 Å². The van der Waals surface area contributed by atoms with Crippen LogP contribution in [0.25, 0.3) is 0 Å². The maximum Gasteiger partial charge on any atom is 0.221 e. The van der Waals surface area contributed by atoms with E-state index in [4.69, 9.17) is 0 Å². The van der Waals surface area contributed by atoms with E-state index in [1.807, 2.05) is 13.1 Å². The van der Waals surface area contributed by atoms with E-state index in [2.05, 4.69) is 54.4 Å². The topological polar surface area (TPSA) is 73.5 Å². The molecule has 23 heavy (non-hydrogen) atoms. The van der Waals surface area contributed by atoms with Gasteiger partial charge in [-0.2, -0.15) is 10.1 Å². The Morgan fingerprint density at radius 3 is 2.87 bits per heavy atom. The molecular formula is C16H19N7. The summed E-state index contributed by atoms with van der Waals surface area (Å²) >= 11 is 0. The van der Waals surface area contributed by atoms with Crippen LogP contribution in [0.5, 0.6) is 0 Å². The lowest BCUT2D eigenvalue weighted by atomic mass is 10.1. The number of nitrogens with zero attached hydrogens (tertiary/aromatic N) is 6. The van der Waals surface area contributed by atoms with Crippen LogP contribution >= 0.6 is 0 Å². The van der Waals surface area contributed by atoms with E-state index < -0.39 is 0 Å². The Morgan fingerprint density at radius 1 is 1.22 bits per heavy atom. The van der Waals surface area contributed by atoms with Crippen molar-refractivity contribution in [1.82, 2.24) is 29.5 Å². The molecule has 4 rings (SSSR count). The molecule has 0 saturated heterocycles.